The first-order chi connectivity index (χ1) is 23.6. The van der Waals surface area contributed by atoms with Crippen molar-refractivity contribution < 1.29 is 14.3 Å². The van der Waals surface area contributed by atoms with Crippen LogP contribution in [0.5, 0.6) is 0 Å². The number of allylic oxidation sites excluding steroid dienone is 2. The number of hydrogen-bond acceptors (Lipinski definition) is 3. The number of fused-ring (bicyclic) bond motifs is 5. The van der Waals surface area contributed by atoms with Gasteiger partial charge < -0.3 is 9.47 Å². The predicted molar refractivity (Wildman–Crippen MR) is 211 cm³/mol. The van der Waals surface area contributed by atoms with E-state index < -0.39 is 6.16 Å². The van der Waals surface area contributed by atoms with E-state index in [2.05, 4.69) is 61.1 Å². The SMILES string of the molecule is C=CCCCCCCCC.CCCCCCCCOC(=O)O[C@H]1CC[C@@]2(C)C(=CC[C@H]3[C@@H]4CC[C@H]([C@H](C)CCCC(C)C)[C@@]4(C)CC[C@@H]32)C1. The van der Waals surface area contributed by atoms with Gasteiger partial charge in [0.2, 0.25) is 0 Å². The molecule has 0 amide bonds. The largest absolute Gasteiger partial charge is 0.508 e. The van der Waals surface area contributed by atoms with Crippen LogP contribution >= 0.6 is 0 Å². The number of rotatable bonds is 20. The molecule has 0 N–H and O–H groups in total. The topological polar surface area (TPSA) is 35.5 Å². The molecule has 4 aliphatic carbocycles. The Morgan fingerprint density at radius 1 is 0.837 bits per heavy atom. The van der Waals surface area contributed by atoms with Gasteiger partial charge in [0.25, 0.3) is 0 Å². The molecule has 0 radical (unpaired) electrons. The predicted octanol–water partition coefficient (Wildman–Crippen LogP) is 14.8. The lowest BCUT2D eigenvalue weighted by Gasteiger charge is -2.58. The Morgan fingerprint density at radius 3 is 2.18 bits per heavy atom. The first-order valence-corrected chi connectivity index (χ1v) is 21.7. The summed E-state index contributed by atoms with van der Waals surface area (Å²) in [4.78, 5) is 12.4. The first kappa shape index (κ1) is 42.2. The fourth-order valence-corrected chi connectivity index (χ4v) is 11.0. The van der Waals surface area contributed by atoms with Gasteiger partial charge in [-0.1, -0.05) is 150 Å². The van der Waals surface area contributed by atoms with Crippen molar-refractivity contribution in [3.05, 3.63) is 24.3 Å². The van der Waals surface area contributed by atoms with Crippen LogP contribution in [0.2, 0.25) is 0 Å². The van der Waals surface area contributed by atoms with Gasteiger partial charge >= 0.3 is 6.16 Å². The van der Waals surface area contributed by atoms with Crippen molar-refractivity contribution in [1.29, 1.82) is 0 Å². The van der Waals surface area contributed by atoms with Crippen molar-refractivity contribution in [3.63, 3.8) is 0 Å². The molecule has 0 heterocycles. The van der Waals surface area contributed by atoms with Crippen LogP contribution in [-0.2, 0) is 9.47 Å². The zero-order valence-corrected chi connectivity index (χ0v) is 33.8. The summed E-state index contributed by atoms with van der Waals surface area (Å²) in [6.45, 7) is 21.2. The van der Waals surface area contributed by atoms with Crippen molar-refractivity contribution in [2.24, 2.45) is 46.3 Å². The Kier molecular flexibility index (Phi) is 18.9. The van der Waals surface area contributed by atoms with E-state index in [1.54, 1.807) is 5.57 Å². The summed E-state index contributed by atoms with van der Waals surface area (Å²) in [7, 11) is 0. The van der Waals surface area contributed by atoms with Crippen LogP contribution in [0, 0.1) is 46.3 Å². The number of unbranched alkanes of at least 4 members (excludes halogenated alkanes) is 11. The molecule has 0 bridgehead atoms. The van der Waals surface area contributed by atoms with Gasteiger partial charge in [0.05, 0.1) is 6.61 Å². The molecule has 49 heavy (non-hydrogen) atoms. The van der Waals surface area contributed by atoms with Gasteiger partial charge in [0.15, 0.2) is 0 Å². The molecule has 0 saturated heterocycles. The minimum Gasteiger partial charge on any atom is -0.434 e. The van der Waals surface area contributed by atoms with Gasteiger partial charge in [-0.3, -0.25) is 0 Å². The molecule has 3 saturated carbocycles. The van der Waals surface area contributed by atoms with E-state index in [0.29, 0.717) is 17.4 Å². The molecule has 0 unspecified atom stereocenters. The highest BCUT2D eigenvalue weighted by Gasteiger charge is 2.59. The van der Waals surface area contributed by atoms with Crippen LogP contribution < -0.4 is 0 Å². The average Bonchev–Trinajstić information content (AvgIpc) is 3.43. The molecule has 3 heteroatoms. The fraction of sp³-hybridized carbons (Fsp3) is 0.891. The lowest BCUT2D eigenvalue weighted by molar-refractivity contribution is -0.0617. The lowest BCUT2D eigenvalue weighted by atomic mass is 9.47. The summed E-state index contributed by atoms with van der Waals surface area (Å²) < 4.78 is 11.3. The number of ether oxygens (including phenoxy) is 2. The van der Waals surface area contributed by atoms with E-state index in [1.165, 1.54) is 122 Å². The minimum atomic E-state index is -0.445. The summed E-state index contributed by atoms with van der Waals surface area (Å²) in [6.07, 6.45) is 35.1. The maximum atomic E-state index is 12.4. The van der Waals surface area contributed by atoms with E-state index in [4.69, 9.17) is 9.47 Å². The number of hydrogen-bond donors (Lipinski definition) is 0. The van der Waals surface area contributed by atoms with Crippen molar-refractivity contribution >= 4 is 6.16 Å². The van der Waals surface area contributed by atoms with E-state index in [0.717, 1.165) is 67.6 Å². The highest BCUT2D eigenvalue weighted by molar-refractivity contribution is 5.60. The van der Waals surface area contributed by atoms with E-state index >= 15 is 0 Å². The molecular weight excluding hydrogens is 601 g/mol. The molecule has 284 valence electrons. The Balaban J connectivity index is 0.000000565. The Hall–Kier alpha value is -1.25. The Labute approximate surface area is 305 Å². The van der Waals surface area contributed by atoms with E-state index in [1.807, 2.05) is 6.08 Å². The number of carbonyl (C=O) groups excluding carboxylic acids is 1. The average molecular weight is 683 g/mol. The smallest absolute Gasteiger partial charge is 0.434 e. The molecule has 3 fully saturated rings. The van der Waals surface area contributed by atoms with Gasteiger partial charge in [-0.2, -0.15) is 0 Å². The third kappa shape index (κ3) is 12.4. The highest BCUT2D eigenvalue weighted by atomic mass is 16.7. The molecular formula is C46H82O3. The van der Waals surface area contributed by atoms with Crippen LogP contribution in [0.4, 0.5) is 4.79 Å². The van der Waals surface area contributed by atoms with Crippen molar-refractivity contribution in [1.82, 2.24) is 0 Å². The third-order valence-corrected chi connectivity index (χ3v) is 14.0. The van der Waals surface area contributed by atoms with Gasteiger partial charge in [-0.25, -0.2) is 4.79 Å². The quantitative estimate of drug-likeness (QED) is 0.0728. The summed E-state index contributed by atoms with van der Waals surface area (Å²) in [5.41, 5.74) is 2.43. The van der Waals surface area contributed by atoms with Crippen molar-refractivity contribution in [2.75, 3.05) is 6.61 Å². The van der Waals surface area contributed by atoms with Crippen molar-refractivity contribution in [3.8, 4) is 0 Å². The summed E-state index contributed by atoms with van der Waals surface area (Å²) in [5.74, 6) is 5.18. The van der Waals surface area contributed by atoms with Crippen LogP contribution in [-0.4, -0.2) is 18.9 Å². The van der Waals surface area contributed by atoms with E-state index in [-0.39, 0.29) is 6.10 Å². The van der Waals surface area contributed by atoms with Gasteiger partial charge in [-0.15, -0.1) is 6.58 Å². The zero-order valence-electron chi connectivity index (χ0n) is 33.8. The molecule has 4 rings (SSSR count). The van der Waals surface area contributed by atoms with Crippen LogP contribution in [0.25, 0.3) is 0 Å². The molecule has 0 aromatic carbocycles. The molecule has 0 spiro atoms. The molecule has 0 aromatic rings. The maximum absolute atomic E-state index is 12.4. The molecule has 0 aromatic heterocycles. The van der Waals surface area contributed by atoms with E-state index in [9.17, 15) is 4.79 Å². The summed E-state index contributed by atoms with van der Waals surface area (Å²) in [6, 6.07) is 0. The molecule has 3 nitrogen and oxygen atoms in total. The van der Waals surface area contributed by atoms with Gasteiger partial charge in [-0.05, 0) is 111 Å². The molecule has 4 aliphatic rings. The van der Waals surface area contributed by atoms with Gasteiger partial charge in [0, 0.05) is 6.42 Å². The highest BCUT2D eigenvalue weighted by Crippen LogP contribution is 2.67. The summed E-state index contributed by atoms with van der Waals surface area (Å²) >= 11 is 0. The Morgan fingerprint density at radius 2 is 1.51 bits per heavy atom. The normalized spacial score (nSPS) is 31.0. The lowest BCUT2D eigenvalue weighted by Crippen LogP contribution is -2.51. The standard InChI is InChI=1S/C36H62O3.C10H20/c1-7-8-9-10-11-12-24-38-34(37)39-29-20-22-35(5)28(25-29)16-17-30-32-19-18-31(27(4)15-13-14-26(2)3)36(32,6)23-21-33(30)35;1-3-5-7-9-10-8-6-4-2/h16,26-27,29-33H,7-15,17-25H2,1-6H3;3H,1,4-10H2,2H3/t27-,29+,30+,31-,32+,33+,35+,36-;/m1./s1. The second-order valence-corrected chi connectivity index (χ2v) is 18.0. The van der Waals surface area contributed by atoms with Gasteiger partial charge in [0.1, 0.15) is 6.10 Å². The maximum Gasteiger partial charge on any atom is 0.508 e. The second-order valence-electron chi connectivity index (χ2n) is 18.0. The monoisotopic (exact) mass is 683 g/mol. The van der Waals surface area contributed by atoms with Crippen molar-refractivity contribution in [2.45, 2.75) is 209 Å². The van der Waals surface area contributed by atoms with Crippen LogP contribution in [0.15, 0.2) is 24.3 Å². The minimum absolute atomic E-state index is 0.00525. The second kappa shape index (κ2) is 22.0. The molecule has 8 atom stereocenters. The summed E-state index contributed by atoms with van der Waals surface area (Å²) in [5, 5.41) is 0. The fourth-order valence-electron chi connectivity index (χ4n) is 11.0. The number of carbonyl (C=O) groups is 1. The third-order valence-electron chi connectivity index (χ3n) is 14.0. The Bertz CT molecular complexity index is 967. The zero-order chi connectivity index (χ0) is 35.7. The first-order valence-electron chi connectivity index (χ1n) is 21.7. The van der Waals surface area contributed by atoms with Crippen LogP contribution in [0.1, 0.15) is 203 Å². The van der Waals surface area contributed by atoms with Crippen LogP contribution in [0.3, 0.4) is 0 Å². The molecule has 0 aliphatic heterocycles.